The third-order valence-electron chi connectivity index (χ3n) is 5.74. The molecule has 0 radical (unpaired) electrons. The molecule has 0 amide bonds. The van der Waals surface area contributed by atoms with Crippen molar-refractivity contribution in [3.05, 3.63) is 24.2 Å². The van der Waals surface area contributed by atoms with Crippen LogP contribution in [-0.2, 0) is 27.9 Å². The molecule has 2 aromatic heterocycles. The van der Waals surface area contributed by atoms with Crippen LogP contribution in [0.2, 0.25) is 0 Å². The van der Waals surface area contributed by atoms with E-state index in [4.69, 9.17) is 24.0 Å². The predicted octanol–water partition coefficient (Wildman–Crippen LogP) is 4.86. The van der Waals surface area contributed by atoms with E-state index in [0.717, 1.165) is 35.6 Å². The standard InChI is InChI=1S/C25H40N4O7PS2/c1-24(2,3)22(30)38-13-11-33-37(32,34-12-14-39-23(31)25(4,5)6)35-15-17-7-10-20(36-17)18-8-9-19-21(26)27-16-28-29(18)19/h8-9,16-17,20,32H,7,10-15H2,1-6H3,(H2,26,27,28)/q+1. The van der Waals surface area contributed by atoms with Crippen molar-refractivity contribution in [2.45, 2.75) is 66.6 Å². The molecule has 1 aliphatic rings. The van der Waals surface area contributed by atoms with Crippen molar-refractivity contribution >= 4 is 53.3 Å². The highest BCUT2D eigenvalue weighted by Crippen LogP contribution is 2.58. The van der Waals surface area contributed by atoms with Gasteiger partial charge in [-0.15, -0.1) is 0 Å². The normalized spacial score (nSPS) is 18.6. The van der Waals surface area contributed by atoms with E-state index in [1.165, 1.54) is 6.33 Å². The molecule has 0 aliphatic carbocycles. The zero-order valence-electron chi connectivity index (χ0n) is 23.4. The minimum absolute atomic E-state index is 0.0298. The smallest absolute Gasteiger partial charge is 0.382 e. The largest absolute Gasteiger partial charge is 0.572 e. The fraction of sp³-hybridized carbons (Fsp3) is 0.680. The van der Waals surface area contributed by atoms with Crippen molar-refractivity contribution in [3.8, 4) is 0 Å². The van der Waals surface area contributed by atoms with E-state index in [9.17, 15) is 14.5 Å². The highest BCUT2D eigenvalue weighted by atomic mass is 32.2. The molecule has 14 heteroatoms. The van der Waals surface area contributed by atoms with Gasteiger partial charge in [0.1, 0.15) is 37.8 Å². The Morgan fingerprint density at radius 2 is 1.64 bits per heavy atom. The first kappa shape index (κ1) is 32.2. The van der Waals surface area contributed by atoms with Crippen LogP contribution in [0.5, 0.6) is 0 Å². The summed E-state index contributed by atoms with van der Waals surface area (Å²) in [5, 5.41) is 4.34. The number of carbonyl (C=O) groups excluding carboxylic acids is 2. The summed E-state index contributed by atoms with van der Waals surface area (Å²) in [6, 6.07) is 3.77. The van der Waals surface area contributed by atoms with E-state index in [-0.39, 0.29) is 42.3 Å². The minimum Gasteiger partial charge on any atom is -0.382 e. The summed E-state index contributed by atoms with van der Waals surface area (Å²) in [7, 11) is -3.72. The minimum atomic E-state index is -3.72. The van der Waals surface area contributed by atoms with Crippen LogP contribution in [0.15, 0.2) is 18.5 Å². The Hall–Kier alpha value is -1.31. The van der Waals surface area contributed by atoms with Gasteiger partial charge in [-0.1, -0.05) is 65.1 Å². The Morgan fingerprint density at radius 1 is 1.05 bits per heavy atom. The molecular weight excluding hydrogens is 563 g/mol. The molecule has 0 aromatic carbocycles. The maximum absolute atomic E-state index is 12.2. The number of hydrogen-bond acceptors (Lipinski definition) is 12. The van der Waals surface area contributed by atoms with Crippen LogP contribution in [0, 0.1) is 10.8 Å². The maximum atomic E-state index is 12.2. The van der Waals surface area contributed by atoms with Crippen LogP contribution in [-0.4, -0.2) is 67.2 Å². The molecule has 2 atom stereocenters. The first-order valence-corrected chi connectivity index (χ1v) is 16.3. The van der Waals surface area contributed by atoms with E-state index in [2.05, 4.69) is 10.1 Å². The molecule has 3 heterocycles. The van der Waals surface area contributed by atoms with Crippen LogP contribution in [0.25, 0.3) is 5.52 Å². The molecular formula is C25H40N4O7PS2+. The highest BCUT2D eigenvalue weighted by molar-refractivity contribution is 8.14. The lowest BCUT2D eigenvalue weighted by Crippen LogP contribution is -2.20. The summed E-state index contributed by atoms with van der Waals surface area (Å²) >= 11 is 2.28. The average molecular weight is 604 g/mol. The van der Waals surface area contributed by atoms with Crippen LogP contribution >= 0.6 is 31.7 Å². The molecule has 11 nitrogen and oxygen atoms in total. The van der Waals surface area contributed by atoms with Gasteiger partial charge in [0.25, 0.3) is 0 Å². The number of ether oxygens (including phenoxy) is 1. The third kappa shape index (κ3) is 9.36. The summed E-state index contributed by atoms with van der Waals surface area (Å²) in [6.45, 7) is 11.3. The quantitative estimate of drug-likeness (QED) is 0.252. The van der Waals surface area contributed by atoms with Gasteiger partial charge in [0.05, 0.1) is 11.8 Å². The number of nitrogens with zero attached hydrogens (tertiary/aromatic N) is 3. The summed E-state index contributed by atoms with van der Waals surface area (Å²) in [5.74, 6) is 1.08. The van der Waals surface area contributed by atoms with E-state index >= 15 is 0 Å². The SMILES string of the molecule is CC(C)(C)C(=O)SCCO[P+](O)(OCCSC(=O)C(C)(C)C)OCC1CCC(c2ccc3c(N)ncnn23)O1. The van der Waals surface area contributed by atoms with Gasteiger partial charge < -0.3 is 10.5 Å². The Labute approximate surface area is 238 Å². The highest BCUT2D eigenvalue weighted by Gasteiger charge is 2.46. The number of hydrogen-bond donors (Lipinski definition) is 2. The molecule has 1 aliphatic heterocycles. The van der Waals surface area contributed by atoms with Crippen molar-refractivity contribution < 1.29 is 32.8 Å². The van der Waals surface area contributed by atoms with Gasteiger partial charge in [-0.2, -0.15) is 23.6 Å². The van der Waals surface area contributed by atoms with Crippen LogP contribution in [0.3, 0.4) is 0 Å². The van der Waals surface area contributed by atoms with E-state index in [1.54, 1.807) is 4.52 Å². The van der Waals surface area contributed by atoms with Crippen molar-refractivity contribution in [3.63, 3.8) is 0 Å². The first-order chi connectivity index (χ1) is 18.2. The Balaban J connectivity index is 1.55. The Kier molecular flexibility index (Phi) is 11.2. The molecule has 218 valence electrons. The number of fused-ring (bicyclic) bond motifs is 1. The number of rotatable bonds is 12. The molecule has 1 fully saturated rings. The summed E-state index contributed by atoms with van der Waals surface area (Å²) in [5.41, 5.74) is 6.57. The van der Waals surface area contributed by atoms with Crippen molar-refractivity contribution in [2.24, 2.45) is 10.8 Å². The summed E-state index contributed by atoms with van der Waals surface area (Å²) in [6.07, 6.45) is 2.32. The second-order valence-electron chi connectivity index (χ2n) is 11.2. The fourth-order valence-electron chi connectivity index (χ4n) is 3.56. The van der Waals surface area contributed by atoms with Gasteiger partial charge in [0.15, 0.2) is 16.0 Å². The predicted molar refractivity (Wildman–Crippen MR) is 155 cm³/mol. The number of nitrogens with two attached hydrogens (primary N) is 1. The zero-order chi connectivity index (χ0) is 28.8. The number of anilines is 1. The van der Waals surface area contributed by atoms with Crippen LogP contribution in [0.1, 0.15) is 66.2 Å². The summed E-state index contributed by atoms with van der Waals surface area (Å²) in [4.78, 5) is 39.5. The van der Waals surface area contributed by atoms with Gasteiger partial charge in [-0.25, -0.2) is 9.50 Å². The van der Waals surface area contributed by atoms with E-state index in [1.807, 2.05) is 53.7 Å². The van der Waals surface area contributed by atoms with Gasteiger partial charge in [0, 0.05) is 22.3 Å². The van der Waals surface area contributed by atoms with Crippen molar-refractivity contribution in [2.75, 3.05) is 37.1 Å². The molecule has 3 rings (SSSR count). The van der Waals surface area contributed by atoms with Crippen LogP contribution in [0.4, 0.5) is 5.82 Å². The second kappa shape index (κ2) is 13.6. The average Bonchev–Trinajstić information content (AvgIpc) is 3.49. The topological polar surface area (TPSA) is 148 Å². The second-order valence-corrected chi connectivity index (χ2v) is 15.1. The van der Waals surface area contributed by atoms with E-state index in [0.29, 0.717) is 29.3 Å². The monoisotopic (exact) mass is 603 g/mol. The molecule has 1 saturated heterocycles. The first-order valence-electron chi connectivity index (χ1n) is 12.8. The third-order valence-corrected chi connectivity index (χ3v) is 9.72. The van der Waals surface area contributed by atoms with Crippen molar-refractivity contribution in [1.29, 1.82) is 0 Å². The van der Waals surface area contributed by atoms with E-state index < -0.39 is 19.0 Å². The van der Waals surface area contributed by atoms with Gasteiger partial charge in [-0.3, -0.25) is 9.59 Å². The number of aromatic nitrogens is 3. The Bertz CT molecular complexity index is 1100. The van der Waals surface area contributed by atoms with Gasteiger partial charge in [0.2, 0.25) is 0 Å². The molecule has 0 saturated carbocycles. The lowest BCUT2D eigenvalue weighted by molar-refractivity contribution is -0.118. The summed E-state index contributed by atoms with van der Waals surface area (Å²) < 4.78 is 25.0. The van der Waals surface area contributed by atoms with Gasteiger partial charge >= 0.3 is 8.17 Å². The lowest BCUT2D eigenvalue weighted by atomic mass is 9.99. The molecule has 39 heavy (non-hydrogen) atoms. The maximum Gasteiger partial charge on any atom is 0.572 e. The number of nitrogen functional groups attached to an aromatic ring is 1. The van der Waals surface area contributed by atoms with Crippen molar-refractivity contribution in [1.82, 2.24) is 14.6 Å². The lowest BCUT2D eigenvalue weighted by Gasteiger charge is -2.19. The molecule has 0 bridgehead atoms. The number of thioether (sulfide) groups is 2. The molecule has 3 N–H and O–H groups in total. The molecule has 0 spiro atoms. The fourth-order valence-corrected chi connectivity index (χ4v) is 6.60. The number of carbonyl (C=O) groups is 2. The Morgan fingerprint density at radius 3 is 2.21 bits per heavy atom. The molecule has 2 aromatic rings. The van der Waals surface area contributed by atoms with Gasteiger partial charge in [-0.05, 0) is 25.0 Å². The van der Waals surface area contributed by atoms with Crippen LogP contribution < -0.4 is 5.73 Å². The zero-order valence-corrected chi connectivity index (χ0v) is 25.9. The molecule has 2 unspecified atom stereocenters.